The third-order valence-corrected chi connectivity index (χ3v) is 3.36. The fourth-order valence-corrected chi connectivity index (χ4v) is 2.62. The molecule has 0 saturated heterocycles. The van der Waals surface area contributed by atoms with Crippen LogP contribution in [-0.4, -0.2) is 21.1 Å². The maximum absolute atomic E-state index is 5.98. The largest absolute Gasteiger partial charge is 0.330 e. The molecule has 2 N–H and O–H groups in total. The van der Waals surface area contributed by atoms with Gasteiger partial charge in [0.1, 0.15) is 11.3 Å². The molecule has 0 aliphatic heterocycles. The maximum Gasteiger partial charge on any atom is 0.159 e. The summed E-state index contributed by atoms with van der Waals surface area (Å²) in [4.78, 5) is 9.20. The summed E-state index contributed by atoms with van der Waals surface area (Å²) in [5.74, 6) is 1.36. The molecule has 0 bridgehead atoms. The zero-order valence-electron chi connectivity index (χ0n) is 12.3. The molecule has 19 heavy (non-hydrogen) atoms. The second kappa shape index (κ2) is 5.29. The van der Waals surface area contributed by atoms with Crippen LogP contribution in [0.1, 0.15) is 45.9 Å². The van der Waals surface area contributed by atoms with E-state index in [1.807, 2.05) is 18.3 Å². The molecule has 0 radical (unpaired) electrons. The van der Waals surface area contributed by atoms with E-state index in [4.69, 9.17) is 10.7 Å². The summed E-state index contributed by atoms with van der Waals surface area (Å²) in [5.41, 5.74) is 8.16. The first-order valence-corrected chi connectivity index (χ1v) is 6.97. The molecular formula is C15H24N4. The van der Waals surface area contributed by atoms with Crippen molar-refractivity contribution >= 4 is 11.2 Å². The van der Waals surface area contributed by atoms with E-state index in [1.165, 1.54) is 0 Å². The summed E-state index contributed by atoms with van der Waals surface area (Å²) in [6.45, 7) is 10.4. The zero-order chi connectivity index (χ0) is 14.0. The van der Waals surface area contributed by atoms with Crippen molar-refractivity contribution in [3.05, 3.63) is 24.2 Å². The van der Waals surface area contributed by atoms with E-state index < -0.39 is 0 Å². The van der Waals surface area contributed by atoms with Gasteiger partial charge in [-0.3, -0.25) is 0 Å². The number of aryl methyl sites for hydroxylation is 1. The third-order valence-electron chi connectivity index (χ3n) is 3.36. The predicted octanol–water partition coefficient (Wildman–Crippen LogP) is 2.93. The highest BCUT2D eigenvalue weighted by Gasteiger charge is 2.24. The SMILES string of the molecule is CCn1c(C(CN)CC(C)(C)C)nc2cccnc21. The Morgan fingerprint density at radius 3 is 2.68 bits per heavy atom. The summed E-state index contributed by atoms with van der Waals surface area (Å²) in [7, 11) is 0. The zero-order valence-corrected chi connectivity index (χ0v) is 12.3. The Bertz CT molecular complexity index is 551. The molecule has 2 rings (SSSR count). The number of fused-ring (bicyclic) bond motifs is 1. The van der Waals surface area contributed by atoms with Crippen molar-refractivity contribution in [3.8, 4) is 0 Å². The van der Waals surface area contributed by atoms with Gasteiger partial charge < -0.3 is 10.3 Å². The minimum absolute atomic E-state index is 0.244. The van der Waals surface area contributed by atoms with Crippen molar-refractivity contribution < 1.29 is 0 Å². The van der Waals surface area contributed by atoms with Crippen molar-refractivity contribution in [2.24, 2.45) is 11.1 Å². The van der Waals surface area contributed by atoms with Crippen molar-refractivity contribution in [1.82, 2.24) is 14.5 Å². The first-order valence-electron chi connectivity index (χ1n) is 6.97. The lowest BCUT2D eigenvalue weighted by molar-refractivity contribution is 0.332. The topological polar surface area (TPSA) is 56.7 Å². The molecule has 1 unspecified atom stereocenters. The lowest BCUT2D eigenvalue weighted by atomic mass is 9.84. The summed E-state index contributed by atoms with van der Waals surface area (Å²) >= 11 is 0. The Labute approximate surface area is 115 Å². The van der Waals surface area contributed by atoms with Crippen LogP contribution in [0.15, 0.2) is 18.3 Å². The first-order chi connectivity index (χ1) is 8.96. The molecule has 0 amide bonds. The van der Waals surface area contributed by atoms with E-state index in [2.05, 4.69) is 37.2 Å². The molecule has 2 aromatic rings. The maximum atomic E-state index is 5.98. The highest BCUT2D eigenvalue weighted by atomic mass is 15.1. The van der Waals surface area contributed by atoms with Gasteiger partial charge >= 0.3 is 0 Å². The van der Waals surface area contributed by atoms with Crippen LogP contribution >= 0.6 is 0 Å². The molecule has 2 heterocycles. The molecule has 0 aliphatic carbocycles. The number of aromatic nitrogens is 3. The number of imidazole rings is 1. The van der Waals surface area contributed by atoms with Crippen LogP contribution in [0, 0.1) is 5.41 Å². The molecule has 0 spiro atoms. The van der Waals surface area contributed by atoms with Gasteiger partial charge in [0.05, 0.1) is 0 Å². The van der Waals surface area contributed by atoms with Crippen LogP contribution < -0.4 is 5.73 Å². The summed E-state index contributed by atoms with van der Waals surface area (Å²) in [5, 5.41) is 0. The van der Waals surface area contributed by atoms with Crippen LogP contribution in [0.2, 0.25) is 0 Å². The minimum atomic E-state index is 0.244. The molecule has 104 valence electrons. The van der Waals surface area contributed by atoms with E-state index in [9.17, 15) is 0 Å². The highest BCUT2D eigenvalue weighted by molar-refractivity contribution is 5.71. The Morgan fingerprint density at radius 1 is 1.37 bits per heavy atom. The molecule has 2 aromatic heterocycles. The minimum Gasteiger partial charge on any atom is -0.330 e. The number of pyridine rings is 1. The standard InChI is InChI=1S/C15H24N4/c1-5-19-13(11(10-16)9-15(2,3)4)18-12-7-6-8-17-14(12)19/h6-8,11H,5,9-10,16H2,1-4H3. The lowest BCUT2D eigenvalue weighted by Crippen LogP contribution is -2.22. The van der Waals surface area contributed by atoms with Crippen molar-refractivity contribution in [2.45, 2.75) is 46.6 Å². The van der Waals surface area contributed by atoms with Gasteiger partial charge in [-0.05, 0) is 30.9 Å². The van der Waals surface area contributed by atoms with Gasteiger partial charge in [0, 0.05) is 25.2 Å². The average Bonchev–Trinajstić information content (AvgIpc) is 2.73. The Balaban J connectivity index is 2.47. The summed E-state index contributed by atoms with van der Waals surface area (Å²) < 4.78 is 2.19. The quantitative estimate of drug-likeness (QED) is 0.919. The van der Waals surface area contributed by atoms with E-state index in [1.54, 1.807) is 0 Å². The van der Waals surface area contributed by atoms with E-state index in [0.717, 1.165) is 30.0 Å². The van der Waals surface area contributed by atoms with Crippen LogP contribution in [-0.2, 0) is 6.54 Å². The fourth-order valence-electron chi connectivity index (χ4n) is 2.62. The van der Waals surface area contributed by atoms with Gasteiger partial charge in [-0.15, -0.1) is 0 Å². The van der Waals surface area contributed by atoms with Gasteiger partial charge in [0.15, 0.2) is 5.65 Å². The van der Waals surface area contributed by atoms with Crippen LogP contribution in [0.3, 0.4) is 0 Å². The molecule has 0 aromatic carbocycles. The average molecular weight is 260 g/mol. The van der Waals surface area contributed by atoms with Crippen LogP contribution in [0.4, 0.5) is 0 Å². The number of nitrogens with two attached hydrogens (primary N) is 1. The van der Waals surface area contributed by atoms with E-state index in [0.29, 0.717) is 6.54 Å². The Kier molecular flexibility index (Phi) is 3.90. The second-order valence-electron chi connectivity index (χ2n) is 6.26. The fraction of sp³-hybridized carbons (Fsp3) is 0.600. The number of rotatable bonds is 4. The smallest absolute Gasteiger partial charge is 0.159 e. The Hall–Kier alpha value is -1.42. The summed E-state index contributed by atoms with van der Waals surface area (Å²) in [6, 6.07) is 3.95. The lowest BCUT2D eigenvalue weighted by Gasteiger charge is -2.25. The molecule has 4 nitrogen and oxygen atoms in total. The van der Waals surface area contributed by atoms with Gasteiger partial charge in [-0.1, -0.05) is 20.8 Å². The second-order valence-corrected chi connectivity index (χ2v) is 6.26. The van der Waals surface area contributed by atoms with Crippen molar-refractivity contribution in [3.63, 3.8) is 0 Å². The van der Waals surface area contributed by atoms with Gasteiger partial charge in [-0.25, -0.2) is 9.97 Å². The molecule has 0 fully saturated rings. The number of hydrogen-bond donors (Lipinski definition) is 1. The number of hydrogen-bond acceptors (Lipinski definition) is 3. The van der Waals surface area contributed by atoms with Crippen LogP contribution in [0.5, 0.6) is 0 Å². The molecule has 1 atom stereocenters. The monoisotopic (exact) mass is 260 g/mol. The van der Waals surface area contributed by atoms with Gasteiger partial charge in [0.2, 0.25) is 0 Å². The van der Waals surface area contributed by atoms with Crippen LogP contribution in [0.25, 0.3) is 11.2 Å². The third kappa shape index (κ3) is 2.95. The number of nitrogens with zero attached hydrogens (tertiary/aromatic N) is 3. The molecule has 4 heteroatoms. The van der Waals surface area contributed by atoms with Crippen molar-refractivity contribution in [2.75, 3.05) is 6.54 Å². The first kappa shape index (κ1) is 14.0. The predicted molar refractivity (Wildman–Crippen MR) is 79.1 cm³/mol. The van der Waals surface area contributed by atoms with Gasteiger partial charge in [-0.2, -0.15) is 0 Å². The highest BCUT2D eigenvalue weighted by Crippen LogP contribution is 2.31. The van der Waals surface area contributed by atoms with E-state index >= 15 is 0 Å². The Morgan fingerprint density at radius 2 is 2.11 bits per heavy atom. The molecular weight excluding hydrogens is 236 g/mol. The van der Waals surface area contributed by atoms with E-state index in [-0.39, 0.29) is 11.3 Å². The summed E-state index contributed by atoms with van der Waals surface area (Å²) in [6.07, 6.45) is 2.86. The molecule has 0 aliphatic rings. The van der Waals surface area contributed by atoms with Gasteiger partial charge in [0.25, 0.3) is 0 Å². The van der Waals surface area contributed by atoms with Crippen molar-refractivity contribution in [1.29, 1.82) is 0 Å². The molecule has 0 saturated carbocycles. The normalized spacial score (nSPS) is 13.9.